The van der Waals surface area contributed by atoms with E-state index < -0.39 is 16.0 Å². The van der Waals surface area contributed by atoms with Gasteiger partial charge in [-0.2, -0.15) is 0 Å². The van der Waals surface area contributed by atoms with Crippen molar-refractivity contribution in [2.45, 2.75) is 87.4 Å². The molecule has 0 unspecified atom stereocenters. The highest BCUT2D eigenvalue weighted by molar-refractivity contribution is 7.91. The number of anilines is 1. The predicted molar refractivity (Wildman–Crippen MR) is 119 cm³/mol. The molecule has 1 heterocycles. The fraction of sp³-hybridized carbons (Fsp3) is 0.750. The number of thiazole rings is 1. The largest absolute Gasteiger partial charge is 0.481 e. The molecule has 0 radical (unpaired) electrons. The maximum atomic E-state index is 13.2. The summed E-state index contributed by atoms with van der Waals surface area (Å²) in [6.45, 7) is 2.05. The average Bonchev–Trinajstić information content (AvgIpc) is 3.19. The summed E-state index contributed by atoms with van der Waals surface area (Å²) in [5.74, 6) is -0.396. The van der Waals surface area contributed by atoms with E-state index in [0.29, 0.717) is 5.92 Å². The number of nitrogens with zero attached hydrogens (tertiary/aromatic N) is 2. The first-order valence-corrected chi connectivity index (χ1v) is 13.3. The lowest BCUT2D eigenvalue weighted by Gasteiger charge is -2.42. The van der Waals surface area contributed by atoms with Crippen molar-refractivity contribution in [3.05, 3.63) is 6.20 Å². The van der Waals surface area contributed by atoms with Crippen molar-refractivity contribution < 1.29 is 23.1 Å². The summed E-state index contributed by atoms with van der Waals surface area (Å²) in [6, 6.07) is 0.219. The summed E-state index contributed by atoms with van der Waals surface area (Å²) < 4.78 is 26.8. The third-order valence-electron chi connectivity index (χ3n) is 6.18. The second kappa shape index (κ2) is 10.7. The van der Waals surface area contributed by atoms with E-state index in [1.165, 1.54) is 12.6 Å². The number of nitrogens with one attached hydrogen (secondary N) is 2. The molecule has 3 rings (SSSR count). The molecule has 3 N–H and O–H groups in total. The normalized spacial score (nSPS) is 22.7. The van der Waals surface area contributed by atoms with Crippen molar-refractivity contribution in [2.75, 3.05) is 11.9 Å². The molecule has 31 heavy (non-hydrogen) atoms. The van der Waals surface area contributed by atoms with Gasteiger partial charge < -0.3 is 10.0 Å². The quantitative estimate of drug-likeness (QED) is 0.530. The molecule has 11 heteroatoms. The number of carbonyl (C=O) groups excluding carboxylic acids is 1. The van der Waals surface area contributed by atoms with Crippen LogP contribution in [-0.4, -0.2) is 54.0 Å². The van der Waals surface area contributed by atoms with Crippen LogP contribution in [0, 0.1) is 5.92 Å². The van der Waals surface area contributed by atoms with Gasteiger partial charge in [0, 0.05) is 18.6 Å². The van der Waals surface area contributed by atoms with Crippen molar-refractivity contribution in [1.29, 1.82) is 0 Å². The van der Waals surface area contributed by atoms with E-state index >= 15 is 0 Å². The molecule has 1 aromatic rings. The Balaban J connectivity index is 1.68. The number of aliphatic carboxylic acids is 1. The van der Waals surface area contributed by atoms with Crippen molar-refractivity contribution in [3.8, 4) is 0 Å². The van der Waals surface area contributed by atoms with E-state index in [1.54, 1.807) is 0 Å². The van der Waals surface area contributed by atoms with E-state index in [0.717, 1.165) is 62.7 Å². The van der Waals surface area contributed by atoms with Crippen LogP contribution in [0.1, 0.15) is 71.1 Å². The van der Waals surface area contributed by atoms with Gasteiger partial charge in [0.1, 0.15) is 0 Å². The van der Waals surface area contributed by atoms with Crippen LogP contribution >= 0.6 is 11.3 Å². The van der Waals surface area contributed by atoms with Crippen LogP contribution in [0.2, 0.25) is 0 Å². The first-order valence-electron chi connectivity index (χ1n) is 11.0. The topological polar surface area (TPSA) is 129 Å². The van der Waals surface area contributed by atoms with Gasteiger partial charge in [-0.25, -0.2) is 22.9 Å². The summed E-state index contributed by atoms with van der Waals surface area (Å²) in [5, 5.41) is 11.7. The second-order valence-corrected chi connectivity index (χ2v) is 11.6. The van der Waals surface area contributed by atoms with Gasteiger partial charge in [-0.3, -0.25) is 10.1 Å². The number of rotatable bonds is 8. The molecular formula is C20H32N4O5S2. The van der Waals surface area contributed by atoms with Crippen molar-refractivity contribution in [1.82, 2.24) is 14.6 Å². The molecule has 9 nitrogen and oxygen atoms in total. The van der Waals surface area contributed by atoms with Crippen LogP contribution in [0.3, 0.4) is 0 Å². The maximum absolute atomic E-state index is 13.2. The number of amides is 2. The number of hydrogen-bond acceptors (Lipinski definition) is 6. The monoisotopic (exact) mass is 472 g/mol. The molecule has 1 aromatic heterocycles. The number of carbonyl (C=O) groups is 2. The number of hydrogen-bond donors (Lipinski definition) is 3. The standard InChI is InChI=1S/C20H32N4O5S2/c1-14-7-9-16(10-8-14)24(15-5-3-2-4-6-15)20(27)23-19-21-13-18(30-19)31(28,29)22-12-11-17(25)26/h13-16,22H,2-12H2,1H3,(H,25,26)(H,21,23,27). The van der Waals surface area contributed by atoms with Gasteiger partial charge in [0.2, 0.25) is 0 Å². The maximum Gasteiger partial charge on any atom is 0.324 e. The molecule has 0 atom stereocenters. The number of aromatic nitrogens is 1. The SMILES string of the molecule is CC1CCC(N(C(=O)Nc2ncc(S(=O)(=O)NCCC(=O)O)s2)C2CCCCC2)CC1. The Morgan fingerprint density at radius 2 is 1.77 bits per heavy atom. The van der Waals surface area contributed by atoms with Crippen LogP contribution in [0.25, 0.3) is 0 Å². The zero-order chi connectivity index (χ0) is 22.4. The molecular weight excluding hydrogens is 440 g/mol. The summed E-state index contributed by atoms with van der Waals surface area (Å²) in [5.41, 5.74) is 0. The van der Waals surface area contributed by atoms with E-state index in [4.69, 9.17) is 5.11 Å². The molecule has 0 saturated heterocycles. The summed E-state index contributed by atoms with van der Waals surface area (Å²) >= 11 is 0.870. The fourth-order valence-electron chi connectivity index (χ4n) is 4.47. The van der Waals surface area contributed by atoms with Gasteiger partial charge >= 0.3 is 12.0 Å². The lowest BCUT2D eigenvalue weighted by Crippen LogP contribution is -2.51. The Kier molecular flexibility index (Phi) is 8.29. The molecule has 2 aliphatic carbocycles. The zero-order valence-corrected chi connectivity index (χ0v) is 19.5. The Hall–Kier alpha value is -1.72. The third-order valence-corrected chi connectivity index (χ3v) is 9.01. The molecule has 0 aromatic carbocycles. The van der Waals surface area contributed by atoms with Crippen LogP contribution in [0.4, 0.5) is 9.93 Å². The van der Waals surface area contributed by atoms with Crippen molar-refractivity contribution in [2.24, 2.45) is 5.92 Å². The fourth-order valence-corrected chi connectivity index (χ4v) is 6.57. The molecule has 2 amide bonds. The Morgan fingerprint density at radius 1 is 1.13 bits per heavy atom. The number of carboxylic acid groups (broad SMARTS) is 1. The smallest absolute Gasteiger partial charge is 0.324 e. The van der Waals surface area contributed by atoms with Crippen LogP contribution in [0.5, 0.6) is 0 Å². The molecule has 2 saturated carbocycles. The Morgan fingerprint density at radius 3 is 2.42 bits per heavy atom. The van der Waals surface area contributed by atoms with Crippen LogP contribution in [0.15, 0.2) is 10.4 Å². The van der Waals surface area contributed by atoms with Crippen molar-refractivity contribution in [3.63, 3.8) is 0 Å². The van der Waals surface area contributed by atoms with Gasteiger partial charge in [0.05, 0.1) is 12.6 Å². The minimum atomic E-state index is -3.86. The van der Waals surface area contributed by atoms with Gasteiger partial charge in [0.15, 0.2) is 9.34 Å². The first-order chi connectivity index (χ1) is 14.8. The second-order valence-electron chi connectivity index (χ2n) is 8.57. The van der Waals surface area contributed by atoms with Crippen molar-refractivity contribution >= 4 is 38.5 Å². The van der Waals surface area contributed by atoms with Crippen LogP contribution < -0.4 is 10.0 Å². The Labute approximate surface area is 187 Å². The average molecular weight is 473 g/mol. The molecule has 0 spiro atoms. The summed E-state index contributed by atoms with van der Waals surface area (Å²) in [7, 11) is -3.86. The highest BCUT2D eigenvalue weighted by atomic mass is 32.2. The van der Waals surface area contributed by atoms with Crippen LogP contribution in [-0.2, 0) is 14.8 Å². The number of sulfonamides is 1. The number of carboxylic acids is 1. The highest BCUT2D eigenvalue weighted by Gasteiger charge is 2.34. The van der Waals surface area contributed by atoms with Gasteiger partial charge in [-0.1, -0.05) is 37.5 Å². The molecule has 0 aliphatic heterocycles. The summed E-state index contributed by atoms with van der Waals surface area (Å²) in [6.07, 6.45) is 10.6. The minimum absolute atomic E-state index is 0.0519. The van der Waals surface area contributed by atoms with E-state index in [1.807, 2.05) is 4.90 Å². The van der Waals surface area contributed by atoms with Gasteiger partial charge in [0.25, 0.3) is 10.0 Å². The van der Waals surface area contributed by atoms with E-state index in [9.17, 15) is 18.0 Å². The van der Waals surface area contributed by atoms with Gasteiger partial charge in [-0.05, 0) is 44.4 Å². The molecule has 174 valence electrons. The minimum Gasteiger partial charge on any atom is -0.481 e. The number of urea groups is 1. The molecule has 2 fully saturated rings. The first kappa shape index (κ1) is 23.9. The lowest BCUT2D eigenvalue weighted by molar-refractivity contribution is -0.136. The van der Waals surface area contributed by atoms with E-state index in [-0.39, 0.29) is 40.4 Å². The third kappa shape index (κ3) is 6.63. The van der Waals surface area contributed by atoms with E-state index in [2.05, 4.69) is 21.9 Å². The molecule has 2 aliphatic rings. The zero-order valence-electron chi connectivity index (χ0n) is 17.9. The van der Waals surface area contributed by atoms with Gasteiger partial charge in [-0.15, -0.1) is 0 Å². The summed E-state index contributed by atoms with van der Waals surface area (Å²) in [4.78, 5) is 29.9. The molecule has 0 bridgehead atoms. The lowest BCUT2D eigenvalue weighted by atomic mass is 9.84. The highest BCUT2D eigenvalue weighted by Crippen LogP contribution is 2.33. The predicted octanol–water partition coefficient (Wildman–Crippen LogP) is 3.64. The Bertz CT molecular complexity index is 859.